The molecule has 0 bridgehead atoms. The number of imidazole rings is 1. The number of likely N-dealkylation sites (tertiary alicyclic amines) is 1. The van der Waals surface area contributed by atoms with Gasteiger partial charge in [-0.3, -0.25) is 0 Å². The number of aromatic nitrogens is 2. The number of benzene rings is 2. The van der Waals surface area contributed by atoms with Gasteiger partial charge in [0.1, 0.15) is 17.7 Å². The smallest absolute Gasteiger partial charge is 0.144 e. The van der Waals surface area contributed by atoms with Crippen LogP contribution in [-0.2, 0) is 4.74 Å². The van der Waals surface area contributed by atoms with Crippen LogP contribution < -0.4 is 0 Å². The minimum Gasteiger partial charge on any atom is -0.508 e. The molecule has 5 nitrogen and oxygen atoms in total. The van der Waals surface area contributed by atoms with Crippen molar-refractivity contribution in [1.82, 2.24) is 14.9 Å². The van der Waals surface area contributed by atoms with E-state index in [-0.39, 0.29) is 11.9 Å². The summed E-state index contributed by atoms with van der Waals surface area (Å²) in [6, 6.07) is 11.1. The summed E-state index contributed by atoms with van der Waals surface area (Å²) in [6.07, 6.45) is 1.60. The van der Waals surface area contributed by atoms with Crippen LogP contribution >= 0.6 is 11.6 Å². The lowest BCUT2D eigenvalue weighted by molar-refractivity contribution is -0.0271. The Labute approximate surface area is 163 Å². The molecule has 142 valence electrons. The summed E-state index contributed by atoms with van der Waals surface area (Å²) in [5.41, 5.74) is 3.41. The number of nitrogens with one attached hydrogen (secondary N) is 1. The Hall–Kier alpha value is -2.08. The Balaban J connectivity index is 1.73. The van der Waals surface area contributed by atoms with E-state index >= 15 is 0 Å². The molecule has 0 aliphatic carbocycles. The van der Waals surface area contributed by atoms with Gasteiger partial charge in [0.15, 0.2) is 0 Å². The van der Waals surface area contributed by atoms with Crippen molar-refractivity contribution in [2.45, 2.75) is 32.0 Å². The molecule has 0 amide bonds. The van der Waals surface area contributed by atoms with Crippen LogP contribution in [-0.4, -0.2) is 46.2 Å². The fraction of sp³-hybridized carbons (Fsp3) is 0.381. The number of aryl methyl sites for hydroxylation is 1. The topological polar surface area (TPSA) is 61.4 Å². The van der Waals surface area contributed by atoms with E-state index in [1.807, 2.05) is 37.3 Å². The minimum absolute atomic E-state index is 0.128. The maximum Gasteiger partial charge on any atom is 0.144 e. The molecule has 3 aromatic rings. The molecule has 1 fully saturated rings. The number of para-hydroxylation sites is 1. The number of halogens is 1. The molecule has 1 atom stereocenters. The van der Waals surface area contributed by atoms with Crippen LogP contribution in [0.3, 0.4) is 0 Å². The maximum atomic E-state index is 10.4. The Morgan fingerprint density at radius 3 is 2.70 bits per heavy atom. The third-order valence-corrected chi connectivity index (χ3v) is 5.73. The van der Waals surface area contributed by atoms with Gasteiger partial charge < -0.3 is 19.7 Å². The molecule has 0 radical (unpaired) electrons. The number of rotatable bonds is 4. The zero-order chi connectivity index (χ0) is 19.0. The SMILES string of the molecule is Cc1c(Cl)ccc2[nH]c([C@@H](OC3CCN(C)CC3)c3ccccc3O)nc12. The summed E-state index contributed by atoms with van der Waals surface area (Å²) < 4.78 is 6.48. The van der Waals surface area contributed by atoms with Gasteiger partial charge in [-0.2, -0.15) is 0 Å². The lowest BCUT2D eigenvalue weighted by Gasteiger charge is -2.31. The highest BCUT2D eigenvalue weighted by atomic mass is 35.5. The number of phenolic OH excluding ortho intramolecular Hbond substituents is 1. The van der Waals surface area contributed by atoms with Crippen LogP contribution in [0, 0.1) is 6.92 Å². The Bertz CT molecular complexity index is 948. The lowest BCUT2D eigenvalue weighted by atomic mass is 10.0. The van der Waals surface area contributed by atoms with Crippen LogP contribution in [0.4, 0.5) is 0 Å². The van der Waals surface area contributed by atoms with Crippen LogP contribution in [0.25, 0.3) is 11.0 Å². The minimum atomic E-state index is -0.454. The predicted octanol–water partition coefficient (Wildman–Crippen LogP) is 4.43. The van der Waals surface area contributed by atoms with E-state index in [2.05, 4.69) is 16.9 Å². The van der Waals surface area contributed by atoms with Gasteiger partial charge in [0, 0.05) is 23.7 Å². The number of H-pyrrole nitrogens is 1. The zero-order valence-electron chi connectivity index (χ0n) is 15.6. The number of piperidine rings is 1. The van der Waals surface area contributed by atoms with Crippen molar-refractivity contribution in [2.75, 3.05) is 20.1 Å². The Morgan fingerprint density at radius 2 is 1.96 bits per heavy atom. The molecule has 6 heteroatoms. The molecule has 0 saturated carbocycles. The molecule has 2 N–H and O–H groups in total. The van der Waals surface area contributed by atoms with E-state index < -0.39 is 6.10 Å². The molecule has 2 aromatic carbocycles. The number of hydrogen-bond acceptors (Lipinski definition) is 4. The Kier molecular flexibility index (Phi) is 5.08. The summed E-state index contributed by atoms with van der Waals surface area (Å²) >= 11 is 6.26. The summed E-state index contributed by atoms with van der Waals surface area (Å²) in [5.74, 6) is 0.904. The maximum absolute atomic E-state index is 10.4. The van der Waals surface area contributed by atoms with Gasteiger partial charge in [-0.25, -0.2) is 4.98 Å². The second-order valence-electron chi connectivity index (χ2n) is 7.27. The first-order valence-electron chi connectivity index (χ1n) is 9.29. The van der Waals surface area contributed by atoms with Gasteiger partial charge in [-0.05, 0) is 50.6 Å². The summed E-state index contributed by atoms with van der Waals surface area (Å²) in [4.78, 5) is 10.5. The van der Waals surface area contributed by atoms with Gasteiger partial charge in [-0.15, -0.1) is 0 Å². The quantitative estimate of drug-likeness (QED) is 0.697. The van der Waals surface area contributed by atoms with Gasteiger partial charge in [-0.1, -0.05) is 29.8 Å². The van der Waals surface area contributed by atoms with Crippen LogP contribution in [0.2, 0.25) is 5.02 Å². The number of phenols is 1. The molecule has 1 aliphatic heterocycles. The third kappa shape index (κ3) is 3.68. The van der Waals surface area contributed by atoms with E-state index in [1.165, 1.54) is 0 Å². The van der Waals surface area contributed by atoms with Gasteiger partial charge in [0.2, 0.25) is 0 Å². The monoisotopic (exact) mass is 385 g/mol. The molecular formula is C21H24ClN3O2. The number of aromatic amines is 1. The first-order valence-corrected chi connectivity index (χ1v) is 9.67. The number of hydrogen-bond donors (Lipinski definition) is 2. The number of fused-ring (bicyclic) bond motifs is 1. The van der Waals surface area contributed by atoms with E-state index in [9.17, 15) is 5.11 Å². The number of ether oxygens (including phenoxy) is 1. The fourth-order valence-electron chi connectivity index (χ4n) is 3.64. The molecule has 1 aliphatic rings. The van der Waals surface area contributed by atoms with Crippen molar-refractivity contribution in [1.29, 1.82) is 0 Å². The average molecular weight is 386 g/mol. The van der Waals surface area contributed by atoms with E-state index in [1.54, 1.807) is 6.07 Å². The van der Waals surface area contributed by atoms with Crippen molar-refractivity contribution in [3.63, 3.8) is 0 Å². The largest absolute Gasteiger partial charge is 0.508 e. The zero-order valence-corrected chi connectivity index (χ0v) is 16.3. The third-order valence-electron chi connectivity index (χ3n) is 5.32. The van der Waals surface area contributed by atoms with Crippen molar-refractivity contribution in [2.24, 2.45) is 0 Å². The van der Waals surface area contributed by atoms with Crippen LogP contribution in [0.5, 0.6) is 5.75 Å². The summed E-state index contributed by atoms with van der Waals surface area (Å²) in [5, 5.41) is 11.1. The van der Waals surface area contributed by atoms with Gasteiger partial charge in [0.25, 0.3) is 0 Å². The fourth-order valence-corrected chi connectivity index (χ4v) is 3.79. The first-order chi connectivity index (χ1) is 13.0. The summed E-state index contributed by atoms with van der Waals surface area (Å²) in [6.45, 7) is 3.97. The molecule has 0 spiro atoms. The highest BCUT2D eigenvalue weighted by Gasteiger charge is 2.27. The molecular weight excluding hydrogens is 362 g/mol. The standard InChI is InChI=1S/C21H24ClN3O2/c1-13-16(22)7-8-17-19(13)24-21(23-17)20(15-5-3-4-6-18(15)26)27-14-9-11-25(2)12-10-14/h3-8,14,20,26H,9-12H2,1-2H3,(H,23,24)/t20-/m0/s1. The van der Waals surface area contributed by atoms with Crippen molar-refractivity contribution >= 4 is 22.6 Å². The predicted molar refractivity (Wildman–Crippen MR) is 107 cm³/mol. The van der Waals surface area contributed by atoms with E-state index in [0.717, 1.165) is 48.1 Å². The van der Waals surface area contributed by atoms with Gasteiger partial charge in [0.05, 0.1) is 17.1 Å². The highest BCUT2D eigenvalue weighted by Crippen LogP contribution is 2.35. The number of nitrogens with zero attached hydrogens (tertiary/aromatic N) is 2. The normalized spacial score (nSPS) is 17.4. The van der Waals surface area contributed by atoms with E-state index in [0.29, 0.717) is 10.8 Å². The second-order valence-corrected chi connectivity index (χ2v) is 7.68. The van der Waals surface area contributed by atoms with Crippen molar-refractivity contribution in [3.8, 4) is 5.75 Å². The van der Waals surface area contributed by atoms with Crippen molar-refractivity contribution in [3.05, 3.63) is 58.4 Å². The summed E-state index contributed by atoms with van der Waals surface area (Å²) in [7, 11) is 2.13. The second kappa shape index (κ2) is 7.50. The highest BCUT2D eigenvalue weighted by molar-refractivity contribution is 6.32. The lowest BCUT2D eigenvalue weighted by Crippen LogP contribution is -2.35. The molecule has 27 heavy (non-hydrogen) atoms. The molecule has 1 aromatic heterocycles. The number of aromatic hydroxyl groups is 1. The van der Waals surface area contributed by atoms with Crippen LogP contribution in [0.1, 0.15) is 35.9 Å². The van der Waals surface area contributed by atoms with Crippen LogP contribution in [0.15, 0.2) is 36.4 Å². The molecule has 4 rings (SSSR count). The Morgan fingerprint density at radius 1 is 1.22 bits per heavy atom. The van der Waals surface area contributed by atoms with E-state index in [4.69, 9.17) is 21.3 Å². The van der Waals surface area contributed by atoms with Gasteiger partial charge >= 0.3 is 0 Å². The van der Waals surface area contributed by atoms with Crippen molar-refractivity contribution < 1.29 is 9.84 Å². The molecule has 1 saturated heterocycles. The average Bonchev–Trinajstić information content (AvgIpc) is 3.10. The first kappa shape index (κ1) is 18.3. The molecule has 0 unspecified atom stereocenters. The molecule has 2 heterocycles.